The minimum Gasteiger partial charge on any atom is -0.352 e. The van der Waals surface area contributed by atoms with Gasteiger partial charge in [-0.05, 0) is 58.2 Å². The third kappa shape index (κ3) is 3.93. The summed E-state index contributed by atoms with van der Waals surface area (Å²) in [5.41, 5.74) is 0. The molecule has 4 nitrogen and oxygen atoms in total. The van der Waals surface area contributed by atoms with Crippen LogP contribution in [0.5, 0.6) is 0 Å². The molecular formula is C15H27N3O. The smallest absolute Gasteiger partial charge is 0.234 e. The van der Waals surface area contributed by atoms with Crippen LogP contribution in [0.2, 0.25) is 0 Å². The van der Waals surface area contributed by atoms with Gasteiger partial charge in [-0.15, -0.1) is 0 Å². The molecule has 0 spiro atoms. The minimum absolute atomic E-state index is 0.244. The number of nitrogens with zero attached hydrogens (tertiary/aromatic N) is 2. The maximum atomic E-state index is 11.9. The Morgan fingerprint density at radius 1 is 1.00 bits per heavy atom. The number of rotatable bonds is 5. The summed E-state index contributed by atoms with van der Waals surface area (Å²) in [4.78, 5) is 16.9. The summed E-state index contributed by atoms with van der Waals surface area (Å²) >= 11 is 0. The van der Waals surface area contributed by atoms with Crippen LogP contribution in [0, 0.1) is 0 Å². The van der Waals surface area contributed by atoms with E-state index in [0.717, 1.165) is 6.54 Å². The molecule has 3 fully saturated rings. The summed E-state index contributed by atoms with van der Waals surface area (Å²) in [7, 11) is 0. The van der Waals surface area contributed by atoms with Gasteiger partial charge in [0, 0.05) is 18.6 Å². The SMILES string of the molecule is O=C(CN1CCC[C@@H]1CN1CCCCC1)NC1CC1. The quantitative estimate of drug-likeness (QED) is 0.812. The van der Waals surface area contributed by atoms with Crippen LogP contribution < -0.4 is 5.32 Å². The van der Waals surface area contributed by atoms with E-state index in [1.165, 1.54) is 64.6 Å². The first-order valence-electron chi connectivity index (χ1n) is 8.07. The third-order valence-corrected chi connectivity index (χ3v) is 4.71. The van der Waals surface area contributed by atoms with Gasteiger partial charge in [-0.2, -0.15) is 0 Å². The van der Waals surface area contributed by atoms with E-state index in [-0.39, 0.29) is 5.91 Å². The number of hydrogen-bond acceptors (Lipinski definition) is 3. The predicted molar refractivity (Wildman–Crippen MR) is 76.1 cm³/mol. The molecule has 0 bridgehead atoms. The number of carbonyl (C=O) groups is 1. The fourth-order valence-corrected chi connectivity index (χ4v) is 3.44. The molecule has 2 aliphatic heterocycles. The second-order valence-electron chi connectivity index (χ2n) is 6.47. The van der Waals surface area contributed by atoms with Crippen LogP contribution in [0.4, 0.5) is 0 Å². The second-order valence-corrected chi connectivity index (χ2v) is 6.47. The van der Waals surface area contributed by atoms with Gasteiger partial charge in [0.05, 0.1) is 6.54 Å². The lowest BCUT2D eigenvalue weighted by molar-refractivity contribution is -0.122. The van der Waals surface area contributed by atoms with E-state index in [0.29, 0.717) is 18.6 Å². The highest BCUT2D eigenvalue weighted by Crippen LogP contribution is 2.21. The molecule has 3 rings (SSSR count). The first kappa shape index (κ1) is 13.4. The average molecular weight is 265 g/mol. The highest BCUT2D eigenvalue weighted by atomic mass is 16.2. The highest BCUT2D eigenvalue weighted by molar-refractivity contribution is 5.78. The minimum atomic E-state index is 0.244. The normalized spacial score (nSPS) is 29.6. The lowest BCUT2D eigenvalue weighted by Crippen LogP contribution is -2.46. The zero-order chi connectivity index (χ0) is 13.1. The van der Waals surface area contributed by atoms with Crippen molar-refractivity contribution in [1.29, 1.82) is 0 Å². The van der Waals surface area contributed by atoms with Crippen molar-refractivity contribution in [2.75, 3.05) is 32.7 Å². The summed E-state index contributed by atoms with van der Waals surface area (Å²) < 4.78 is 0. The summed E-state index contributed by atoms with van der Waals surface area (Å²) in [6.45, 7) is 5.43. The van der Waals surface area contributed by atoms with Crippen LogP contribution in [-0.2, 0) is 4.79 Å². The lowest BCUT2D eigenvalue weighted by atomic mass is 10.1. The number of piperidine rings is 1. The van der Waals surface area contributed by atoms with Crippen LogP contribution >= 0.6 is 0 Å². The molecule has 19 heavy (non-hydrogen) atoms. The fraction of sp³-hybridized carbons (Fsp3) is 0.933. The molecule has 1 aliphatic carbocycles. The molecule has 1 amide bonds. The Morgan fingerprint density at radius 3 is 2.53 bits per heavy atom. The monoisotopic (exact) mass is 265 g/mol. The Labute approximate surface area is 116 Å². The van der Waals surface area contributed by atoms with E-state index < -0.39 is 0 Å². The Bertz CT molecular complexity index is 311. The van der Waals surface area contributed by atoms with Crippen LogP contribution in [-0.4, -0.2) is 60.5 Å². The van der Waals surface area contributed by atoms with Crippen LogP contribution in [0.3, 0.4) is 0 Å². The lowest BCUT2D eigenvalue weighted by Gasteiger charge is -2.32. The molecule has 0 aromatic rings. The summed E-state index contributed by atoms with van der Waals surface area (Å²) in [6, 6.07) is 1.11. The van der Waals surface area contributed by atoms with Gasteiger partial charge in [-0.3, -0.25) is 9.69 Å². The second kappa shape index (κ2) is 6.23. The Balaban J connectivity index is 1.44. The zero-order valence-corrected chi connectivity index (χ0v) is 11.9. The van der Waals surface area contributed by atoms with Crippen LogP contribution in [0.1, 0.15) is 44.9 Å². The van der Waals surface area contributed by atoms with E-state index in [2.05, 4.69) is 15.1 Å². The number of nitrogens with one attached hydrogen (secondary N) is 1. The zero-order valence-electron chi connectivity index (χ0n) is 11.9. The maximum Gasteiger partial charge on any atom is 0.234 e. The molecule has 4 heteroatoms. The van der Waals surface area contributed by atoms with Crippen molar-refractivity contribution in [3.05, 3.63) is 0 Å². The molecule has 2 saturated heterocycles. The topological polar surface area (TPSA) is 35.6 Å². The van der Waals surface area contributed by atoms with Crippen molar-refractivity contribution >= 4 is 5.91 Å². The van der Waals surface area contributed by atoms with Crippen LogP contribution in [0.15, 0.2) is 0 Å². The first-order valence-corrected chi connectivity index (χ1v) is 8.07. The first-order chi connectivity index (χ1) is 9.31. The van der Waals surface area contributed by atoms with Gasteiger partial charge in [-0.25, -0.2) is 0 Å². The van der Waals surface area contributed by atoms with Gasteiger partial charge < -0.3 is 10.2 Å². The molecule has 2 heterocycles. The van der Waals surface area contributed by atoms with Crippen molar-refractivity contribution in [2.24, 2.45) is 0 Å². The van der Waals surface area contributed by atoms with E-state index in [1.54, 1.807) is 0 Å². The Morgan fingerprint density at radius 2 is 1.79 bits per heavy atom. The van der Waals surface area contributed by atoms with Gasteiger partial charge in [0.1, 0.15) is 0 Å². The van der Waals surface area contributed by atoms with E-state index >= 15 is 0 Å². The molecule has 0 unspecified atom stereocenters. The van der Waals surface area contributed by atoms with E-state index in [9.17, 15) is 4.79 Å². The van der Waals surface area contributed by atoms with Crippen molar-refractivity contribution < 1.29 is 4.79 Å². The number of hydrogen-bond donors (Lipinski definition) is 1. The van der Waals surface area contributed by atoms with Gasteiger partial charge in [0.15, 0.2) is 0 Å². The Kier molecular flexibility index (Phi) is 4.38. The number of amides is 1. The van der Waals surface area contributed by atoms with Crippen molar-refractivity contribution in [3.63, 3.8) is 0 Å². The molecule has 1 atom stereocenters. The van der Waals surface area contributed by atoms with Gasteiger partial charge in [-0.1, -0.05) is 6.42 Å². The molecular weight excluding hydrogens is 238 g/mol. The van der Waals surface area contributed by atoms with Gasteiger partial charge >= 0.3 is 0 Å². The summed E-state index contributed by atoms with van der Waals surface area (Å²) in [6.07, 6.45) is 9.01. The maximum absolute atomic E-state index is 11.9. The molecule has 3 aliphatic rings. The average Bonchev–Trinajstić information content (AvgIpc) is 3.12. The van der Waals surface area contributed by atoms with Crippen molar-refractivity contribution in [1.82, 2.24) is 15.1 Å². The molecule has 108 valence electrons. The fourth-order valence-electron chi connectivity index (χ4n) is 3.44. The molecule has 0 radical (unpaired) electrons. The Hall–Kier alpha value is -0.610. The summed E-state index contributed by atoms with van der Waals surface area (Å²) in [5.74, 6) is 0.244. The third-order valence-electron chi connectivity index (χ3n) is 4.71. The summed E-state index contributed by atoms with van der Waals surface area (Å²) in [5, 5.41) is 3.11. The van der Waals surface area contributed by atoms with Crippen molar-refractivity contribution in [2.45, 2.75) is 57.0 Å². The highest BCUT2D eigenvalue weighted by Gasteiger charge is 2.30. The van der Waals surface area contributed by atoms with Gasteiger partial charge in [0.25, 0.3) is 0 Å². The largest absolute Gasteiger partial charge is 0.352 e. The van der Waals surface area contributed by atoms with Crippen molar-refractivity contribution in [3.8, 4) is 0 Å². The van der Waals surface area contributed by atoms with E-state index in [4.69, 9.17) is 0 Å². The standard InChI is InChI=1S/C15H27N3O/c19-15(16-13-6-7-13)12-18-10-4-5-14(18)11-17-8-2-1-3-9-17/h13-14H,1-12H2,(H,16,19)/t14-/m1/s1. The van der Waals surface area contributed by atoms with Crippen LogP contribution in [0.25, 0.3) is 0 Å². The number of likely N-dealkylation sites (tertiary alicyclic amines) is 2. The molecule has 0 aromatic heterocycles. The molecule has 1 saturated carbocycles. The van der Waals surface area contributed by atoms with Gasteiger partial charge in [0.2, 0.25) is 5.91 Å². The number of carbonyl (C=O) groups excluding carboxylic acids is 1. The predicted octanol–water partition coefficient (Wildman–Crippen LogP) is 1.22. The molecule has 0 aromatic carbocycles. The van der Waals surface area contributed by atoms with E-state index in [1.807, 2.05) is 0 Å². The molecule has 1 N–H and O–H groups in total.